The van der Waals surface area contributed by atoms with Gasteiger partial charge in [-0.05, 0) is 5.56 Å². The minimum absolute atomic E-state index is 0.0888. The lowest BCUT2D eigenvalue weighted by molar-refractivity contribution is -0.257. The summed E-state index contributed by atoms with van der Waals surface area (Å²) in [4.78, 5) is 11.5. The first kappa shape index (κ1) is 13.5. The molecule has 0 aliphatic carbocycles. The van der Waals surface area contributed by atoms with Gasteiger partial charge in [-0.3, -0.25) is 4.79 Å². The summed E-state index contributed by atoms with van der Waals surface area (Å²) >= 11 is 0. The fourth-order valence-corrected chi connectivity index (χ4v) is 2.71. The normalized spacial score (nSPS) is 36.5. The lowest BCUT2D eigenvalue weighted by atomic mass is 9.88. The molecule has 0 saturated carbocycles. The van der Waals surface area contributed by atoms with Crippen LogP contribution in [0.25, 0.3) is 0 Å². The second kappa shape index (κ2) is 5.52. The number of carbonyl (C=O) groups excluding carboxylic acids is 1. The number of rotatable bonds is 3. The Balaban J connectivity index is 1.61. The average Bonchev–Trinajstić information content (AvgIpc) is 2.76. The Morgan fingerprint density at radius 2 is 2.10 bits per heavy atom. The van der Waals surface area contributed by atoms with Crippen molar-refractivity contribution < 1.29 is 24.1 Å². The third-order valence-electron chi connectivity index (χ3n) is 4.01. The highest BCUT2D eigenvalue weighted by Gasteiger charge is 2.51. The molecule has 5 nitrogen and oxygen atoms in total. The molecule has 0 aromatic heterocycles. The van der Waals surface area contributed by atoms with Crippen LogP contribution in [0.15, 0.2) is 30.3 Å². The highest BCUT2D eigenvalue weighted by Crippen LogP contribution is 2.35. The molecule has 0 amide bonds. The Hall–Kier alpha value is -1.43. The third-order valence-corrected chi connectivity index (χ3v) is 4.01. The van der Waals surface area contributed by atoms with Gasteiger partial charge < -0.3 is 19.3 Å². The van der Waals surface area contributed by atoms with Crippen LogP contribution in [0.3, 0.4) is 0 Å². The summed E-state index contributed by atoms with van der Waals surface area (Å²) in [5.41, 5.74) is 1.00. The van der Waals surface area contributed by atoms with Crippen molar-refractivity contribution in [1.82, 2.24) is 0 Å². The van der Waals surface area contributed by atoms with Crippen LogP contribution in [-0.2, 0) is 25.6 Å². The minimum Gasteiger partial charge on any atom is -0.459 e. The highest BCUT2D eigenvalue weighted by atomic mass is 16.7. The smallest absolute Gasteiger partial charge is 0.309 e. The van der Waals surface area contributed by atoms with E-state index in [1.165, 1.54) is 0 Å². The zero-order chi connectivity index (χ0) is 14.1. The zero-order valence-electron chi connectivity index (χ0n) is 11.3. The van der Waals surface area contributed by atoms with E-state index in [0.29, 0.717) is 13.2 Å². The molecular weight excluding hydrogens is 260 g/mol. The number of hydrogen-bond donors (Lipinski definition) is 1. The van der Waals surface area contributed by atoms with E-state index >= 15 is 0 Å². The molecule has 1 N–H and O–H groups in total. The van der Waals surface area contributed by atoms with E-state index in [4.69, 9.17) is 14.2 Å². The van der Waals surface area contributed by atoms with E-state index in [-0.39, 0.29) is 17.8 Å². The van der Waals surface area contributed by atoms with Crippen LogP contribution < -0.4 is 0 Å². The maximum absolute atomic E-state index is 11.5. The standard InChI is InChI=1S/C15H18O5/c1-9-11-8-19-15(12(16)13(11)20-14(9)17)18-7-10-5-3-2-4-6-10/h2-6,9,11-13,15-16H,7-8H2,1H3/t9-,11+,12+,13-,15+/m1/s1. The average molecular weight is 278 g/mol. The van der Waals surface area contributed by atoms with Gasteiger partial charge in [-0.25, -0.2) is 0 Å². The highest BCUT2D eigenvalue weighted by molar-refractivity contribution is 5.75. The Bertz CT molecular complexity index is 474. The maximum atomic E-state index is 11.5. The van der Waals surface area contributed by atoms with Crippen molar-refractivity contribution in [2.45, 2.75) is 32.0 Å². The summed E-state index contributed by atoms with van der Waals surface area (Å²) in [5, 5.41) is 10.2. The van der Waals surface area contributed by atoms with Gasteiger partial charge in [0.15, 0.2) is 6.29 Å². The zero-order valence-corrected chi connectivity index (χ0v) is 11.3. The van der Waals surface area contributed by atoms with Crippen LogP contribution >= 0.6 is 0 Å². The number of fused-ring (bicyclic) bond motifs is 1. The Labute approximate surface area is 117 Å². The van der Waals surface area contributed by atoms with Crippen LogP contribution in [0.1, 0.15) is 12.5 Å². The van der Waals surface area contributed by atoms with E-state index < -0.39 is 18.5 Å². The molecule has 2 fully saturated rings. The summed E-state index contributed by atoms with van der Waals surface area (Å²) in [6.07, 6.45) is -2.21. The van der Waals surface area contributed by atoms with Crippen LogP contribution in [0.2, 0.25) is 0 Å². The molecule has 3 rings (SSSR count). The quantitative estimate of drug-likeness (QED) is 0.839. The fraction of sp³-hybridized carbons (Fsp3) is 0.533. The minimum atomic E-state index is -0.939. The van der Waals surface area contributed by atoms with Gasteiger partial charge in [-0.2, -0.15) is 0 Å². The molecule has 2 saturated heterocycles. The predicted octanol–water partition coefficient (Wildman–Crippen LogP) is 1.10. The Kier molecular flexibility index (Phi) is 3.74. The van der Waals surface area contributed by atoms with Gasteiger partial charge in [0.25, 0.3) is 0 Å². The molecule has 0 bridgehead atoms. The molecule has 2 aliphatic rings. The second-order valence-corrected chi connectivity index (χ2v) is 5.34. The van der Waals surface area contributed by atoms with E-state index in [9.17, 15) is 9.90 Å². The topological polar surface area (TPSA) is 65.0 Å². The summed E-state index contributed by atoms with van der Waals surface area (Å²) < 4.78 is 16.4. The van der Waals surface area contributed by atoms with Gasteiger partial charge in [0.1, 0.15) is 12.2 Å². The number of carbonyl (C=O) groups is 1. The van der Waals surface area contributed by atoms with Gasteiger partial charge in [0.2, 0.25) is 0 Å². The van der Waals surface area contributed by atoms with Crippen LogP contribution in [0.5, 0.6) is 0 Å². The van der Waals surface area contributed by atoms with Gasteiger partial charge >= 0.3 is 5.97 Å². The first-order valence-corrected chi connectivity index (χ1v) is 6.82. The number of aliphatic hydroxyl groups excluding tert-OH is 1. The van der Waals surface area contributed by atoms with E-state index in [2.05, 4.69) is 0 Å². The molecule has 2 aliphatic heterocycles. The molecule has 5 heteroatoms. The summed E-state index contributed by atoms with van der Waals surface area (Å²) in [5.74, 6) is -0.592. The summed E-state index contributed by atoms with van der Waals surface area (Å²) in [6, 6.07) is 9.66. The number of esters is 1. The molecule has 1 aromatic carbocycles. The molecule has 5 atom stereocenters. The van der Waals surface area contributed by atoms with Crippen molar-refractivity contribution in [2.24, 2.45) is 11.8 Å². The number of benzene rings is 1. The SMILES string of the molecule is C[C@H]1C(=O)O[C@H]2[C@H](O)[C@@H](OCc3ccccc3)OC[C@H]21. The van der Waals surface area contributed by atoms with Crippen LogP contribution in [-0.4, -0.2) is 36.2 Å². The summed E-state index contributed by atoms with van der Waals surface area (Å²) in [7, 11) is 0. The lowest BCUT2D eigenvalue weighted by Gasteiger charge is -2.35. The van der Waals surface area contributed by atoms with Crippen molar-refractivity contribution in [1.29, 1.82) is 0 Å². The van der Waals surface area contributed by atoms with Gasteiger partial charge in [0.05, 0.1) is 19.1 Å². The van der Waals surface area contributed by atoms with Crippen molar-refractivity contribution in [3.05, 3.63) is 35.9 Å². The van der Waals surface area contributed by atoms with Gasteiger partial charge in [0, 0.05) is 5.92 Å². The summed E-state index contributed by atoms with van der Waals surface area (Å²) in [6.45, 7) is 2.52. The molecule has 0 unspecified atom stereocenters. The third kappa shape index (κ3) is 2.44. The largest absolute Gasteiger partial charge is 0.459 e. The lowest BCUT2D eigenvalue weighted by Crippen LogP contribution is -2.50. The number of ether oxygens (including phenoxy) is 3. The molecule has 0 radical (unpaired) electrons. The van der Waals surface area contributed by atoms with Gasteiger partial charge in [-0.1, -0.05) is 37.3 Å². The molecule has 20 heavy (non-hydrogen) atoms. The molecule has 0 spiro atoms. The van der Waals surface area contributed by atoms with Crippen LogP contribution in [0, 0.1) is 11.8 Å². The first-order valence-electron chi connectivity index (χ1n) is 6.82. The number of aliphatic hydroxyl groups is 1. The maximum Gasteiger partial charge on any atom is 0.309 e. The Morgan fingerprint density at radius 1 is 1.35 bits per heavy atom. The predicted molar refractivity (Wildman–Crippen MR) is 69.5 cm³/mol. The Morgan fingerprint density at radius 3 is 2.85 bits per heavy atom. The van der Waals surface area contributed by atoms with Crippen molar-refractivity contribution >= 4 is 5.97 Å². The van der Waals surface area contributed by atoms with Crippen molar-refractivity contribution in [3.8, 4) is 0 Å². The molecule has 1 aromatic rings. The van der Waals surface area contributed by atoms with E-state index in [1.54, 1.807) is 6.92 Å². The molecule has 2 heterocycles. The van der Waals surface area contributed by atoms with E-state index in [1.807, 2.05) is 30.3 Å². The van der Waals surface area contributed by atoms with E-state index in [0.717, 1.165) is 5.56 Å². The second-order valence-electron chi connectivity index (χ2n) is 5.34. The first-order chi connectivity index (χ1) is 9.66. The van der Waals surface area contributed by atoms with Gasteiger partial charge in [-0.15, -0.1) is 0 Å². The molecule has 108 valence electrons. The van der Waals surface area contributed by atoms with Crippen molar-refractivity contribution in [2.75, 3.05) is 6.61 Å². The molecular formula is C15H18O5. The van der Waals surface area contributed by atoms with Crippen LogP contribution in [0.4, 0.5) is 0 Å². The monoisotopic (exact) mass is 278 g/mol. The fourth-order valence-electron chi connectivity index (χ4n) is 2.71. The number of hydrogen-bond acceptors (Lipinski definition) is 5. The van der Waals surface area contributed by atoms with Crippen molar-refractivity contribution in [3.63, 3.8) is 0 Å².